The number of carbonyl (C=O) groups is 1. The van der Waals surface area contributed by atoms with Gasteiger partial charge in [-0.1, -0.05) is 36.4 Å². The lowest BCUT2D eigenvalue weighted by Crippen LogP contribution is -2.45. The highest BCUT2D eigenvalue weighted by Gasteiger charge is 2.21. The number of hydrogen-bond acceptors (Lipinski definition) is 2. The Bertz CT molecular complexity index is 866. The molecule has 1 saturated heterocycles. The summed E-state index contributed by atoms with van der Waals surface area (Å²) in [5.41, 5.74) is 3.20. The zero-order valence-electron chi connectivity index (χ0n) is 14.7. The van der Waals surface area contributed by atoms with Crippen molar-refractivity contribution in [1.29, 1.82) is 0 Å². The van der Waals surface area contributed by atoms with E-state index in [-0.39, 0.29) is 12.1 Å². The molecule has 0 unspecified atom stereocenters. The van der Waals surface area contributed by atoms with Crippen molar-refractivity contribution in [3.05, 3.63) is 66.4 Å². The molecule has 1 aliphatic rings. The van der Waals surface area contributed by atoms with Gasteiger partial charge < -0.3 is 15.6 Å². The average Bonchev–Trinajstić information content (AvgIpc) is 3.14. The van der Waals surface area contributed by atoms with Crippen molar-refractivity contribution in [2.75, 3.05) is 18.4 Å². The number of carbonyl (C=O) groups excluding carboxylic acids is 1. The zero-order chi connectivity index (χ0) is 17.8. The van der Waals surface area contributed by atoms with Crippen LogP contribution in [0.3, 0.4) is 0 Å². The molecule has 0 bridgehead atoms. The number of aromatic nitrogens is 1. The van der Waals surface area contributed by atoms with Crippen LogP contribution in [0, 0.1) is 0 Å². The van der Waals surface area contributed by atoms with Crippen molar-refractivity contribution in [3.63, 3.8) is 0 Å². The minimum Gasteiger partial charge on any atom is -0.361 e. The van der Waals surface area contributed by atoms with Crippen molar-refractivity contribution in [2.45, 2.75) is 25.4 Å². The van der Waals surface area contributed by atoms with E-state index in [9.17, 15) is 4.79 Å². The highest BCUT2D eigenvalue weighted by Crippen LogP contribution is 2.22. The molecule has 1 fully saturated rings. The van der Waals surface area contributed by atoms with Gasteiger partial charge in [0.2, 0.25) is 0 Å². The first kappa shape index (κ1) is 16.7. The van der Waals surface area contributed by atoms with Crippen LogP contribution in [-0.4, -0.2) is 35.0 Å². The normalized spacial score (nSPS) is 15.8. The van der Waals surface area contributed by atoms with Crippen LogP contribution < -0.4 is 10.6 Å². The molecule has 134 valence electrons. The Morgan fingerprint density at radius 1 is 1.04 bits per heavy atom. The van der Waals surface area contributed by atoms with E-state index in [2.05, 4.69) is 44.8 Å². The molecule has 0 aliphatic carbocycles. The maximum atomic E-state index is 12.4. The molecular formula is C21H24N4O. The number of aromatic amines is 1. The lowest BCUT2D eigenvalue weighted by atomic mass is 10.0. The fourth-order valence-corrected chi connectivity index (χ4v) is 3.62. The van der Waals surface area contributed by atoms with E-state index in [0.717, 1.165) is 49.1 Å². The Kier molecular flexibility index (Phi) is 4.88. The molecule has 2 heterocycles. The van der Waals surface area contributed by atoms with E-state index < -0.39 is 0 Å². The standard InChI is InChI=1S/C21H24N4O/c26-21(24-20-8-4-7-19-18(20)9-12-22-19)23-17-10-13-25(14-11-17)15-16-5-2-1-3-6-16/h1-9,12,17,22H,10-11,13-15H2,(H2,23,24,26). The summed E-state index contributed by atoms with van der Waals surface area (Å²) in [5.74, 6) is 0. The third kappa shape index (κ3) is 3.89. The number of rotatable bonds is 4. The van der Waals surface area contributed by atoms with Crippen LogP contribution in [0.15, 0.2) is 60.8 Å². The first-order chi connectivity index (χ1) is 12.8. The number of anilines is 1. The van der Waals surface area contributed by atoms with E-state index in [1.165, 1.54) is 5.56 Å². The van der Waals surface area contributed by atoms with Gasteiger partial charge in [0.1, 0.15) is 0 Å². The third-order valence-electron chi connectivity index (χ3n) is 5.01. The SMILES string of the molecule is O=C(Nc1cccc2[nH]ccc12)NC1CCN(Cc2ccccc2)CC1. The number of amides is 2. The van der Waals surface area contributed by atoms with E-state index in [1.54, 1.807) is 0 Å². The predicted molar refractivity (Wildman–Crippen MR) is 105 cm³/mol. The smallest absolute Gasteiger partial charge is 0.319 e. The van der Waals surface area contributed by atoms with Gasteiger partial charge in [-0.05, 0) is 36.6 Å². The Morgan fingerprint density at radius 3 is 2.65 bits per heavy atom. The maximum Gasteiger partial charge on any atom is 0.319 e. The summed E-state index contributed by atoms with van der Waals surface area (Å²) < 4.78 is 0. The van der Waals surface area contributed by atoms with Gasteiger partial charge in [0, 0.05) is 42.8 Å². The van der Waals surface area contributed by atoms with Crippen LogP contribution in [0.4, 0.5) is 10.5 Å². The summed E-state index contributed by atoms with van der Waals surface area (Å²) in [4.78, 5) is 18.0. The summed E-state index contributed by atoms with van der Waals surface area (Å²) >= 11 is 0. The highest BCUT2D eigenvalue weighted by atomic mass is 16.2. The molecule has 5 heteroatoms. The van der Waals surface area contributed by atoms with E-state index in [0.29, 0.717) is 0 Å². The van der Waals surface area contributed by atoms with Crippen molar-refractivity contribution < 1.29 is 4.79 Å². The summed E-state index contributed by atoms with van der Waals surface area (Å²) in [7, 11) is 0. The van der Waals surface area contributed by atoms with E-state index in [1.807, 2.05) is 36.5 Å². The molecule has 2 amide bonds. The topological polar surface area (TPSA) is 60.2 Å². The van der Waals surface area contributed by atoms with Gasteiger partial charge in [-0.25, -0.2) is 4.79 Å². The van der Waals surface area contributed by atoms with Gasteiger partial charge in [0.15, 0.2) is 0 Å². The van der Waals surface area contributed by atoms with Gasteiger partial charge in [-0.15, -0.1) is 0 Å². The Morgan fingerprint density at radius 2 is 1.85 bits per heavy atom. The first-order valence-electron chi connectivity index (χ1n) is 9.18. The zero-order valence-corrected chi connectivity index (χ0v) is 14.7. The van der Waals surface area contributed by atoms with Crippen LogP contribution in [0.5, 0.6) is 0 Å². The predicted octanol–water partition coefficient (Wildman–Crippen LogP) is 3.95. The monoisotopic (exact) mass is 348 g/mol. The maximum absolute atomic E-state index is 12.4. The van der Waals surface area contributed by atoms with Crippen molar-refractivity contribution >= 4 is 22.6 Å². The molecule has 1 aliphatic heterocycles. The fraction of sp³-hybridized carbons (Fsp3) is 0.286. The van der Waals surface area contributed by atoms with Crippen LogP contribution >= 0.6 is 0 Å². The Labute approximate surface area is 153 Å². The number of benzene rings is 2. The number of H-pyrrole nitrogens is 1. The molecule has 0 saturated carbocycles. The van der Waals surface area contributed by atoms with Gasteiger partial charge in [-0.3, -0.25) is 4.90 Å². The fourth-order valence-electron chi connectivity index (χ4n) is 3.62. The lowest BCUT2D eigenvalue weighted by molar-refractivity contribution is 0.190. The molecule has 0 spiro atoms. The van der Waals surface area contributed by atoms with Gasteiger partial charge in [0.05, 0.1) is 5.69 Å². The van der Waals surface area contributed by atoms with Crippen LogP contribution in [0.25, 0.3) is 10.9 Å². The molecule has 5 nitrogen and oxygen atoms in total. The highest BCUT2D eigenvalue weighted by molar-refractivity contribution is 6.00. The second-order valence-electron chi connectivity index (χ2n) is 6.88. The lowest BCUT2D eigenvalue weighted by Gasteiger charge is -2.32. The summed E-state index contributed by atoms with van der Waals surface area (Å²) in [5, 5.41) is 7.14. The quantitative estimate of drug-likeness (QED) is 0.668. The number of piperidine rings is 1. The number of fused-ring (bicyclic) bond motifs is 1. The minimum atomic E-state index is -0.125. The number of urea groups is 1. The molecule has 3 aromatic rings. The molecule has 2 aromatic carbocycles. The molecule has 4 rings (SSSR count). The molecule has 26 heavy (non-hydrogen) atoms. The number of likely N-dealkylation sites (tertiary alicyclic amines) is 1. The molecule has 3 N–H and O–H groups in total. The molecular weight excluding hydrogens is 324 g/mol. The average molecular weight is 348 g/mol. The summed E-state index contributed by atoms with van der Waals surface area (Å²) in [6, 6.07) is 18.5. The Balaban J connectivity index is 1.27. The largest absolute Gasteiger partial charge is 0.361 e. The van der Waals surface area contributed by atoms with E-state index >= 15 is 0 Å². The summed E-state index contributed by atoms with van der Waals surface area (Å²) in [6.07, 6.45) is 3.85. The second kappa shape index (κ2) is 7.62. The third-order valence-corrected chi connectivity index (χ3v) is 5.01. The van der Waals surface area contributed by atoms with Crippen molar-refractivity contribution in [1.82, 2.24) is 15.2 Å². The van der Waals surface area contributed by atoms with E-state index in [4.69, 9.17) is 0 Å². The van der Waals surface area contributed by atoms with Crippen LogP contribution in [-0.2, 0) is 6.54 Å². The van der Waals surface area contributed by atoms with Crippen molar-refractivity contribution in [3.8, 4) is 0 Å². The first-order valence-corrected chi connectivity index (χ1v) is 9.18. The van der Waals surface area contributed by atoms with Gasteiger partial charge in [-0.2, -0.15) is 0 Å². The van der Waals surface area contributed by atoms with Crippen LogP contribution in [0.1, 0.15) is 18.4 Å². The van der Waals surface area contributed by atoms with Gasteiger partial charge >= 0.3 is 6.03 Å². The molecule has 0 radical (unpaired) electrons. The molecule has 0 atom stereocenters. The Hall–Kier alpha value is -2.79. The second-order valence-corrected chi connectivity index (χ2v) is 6.88. The number of hydrogen-bond donors (Lipinski definition) is 3. The van der Waals surface area contributed by atoms with Crippen molar-refractivity contribution in [2.24, 2.45) is 0 Å². The number of nitrogens with one attached hydrogen (secondary N) is 3. The van der Waals surface area contributed by atoms with Gasteiger partial charge in [0.25, 0.3) is 0 Å². The number of nitrogens with zero attached hydrogens (tertiary/aromatic N) is 1. The minimum absolute atomic E-state index is 0.125. The molecule has 1 aromatic heterocycles. The van der Waals surface area contributed by atoms with Crippen LogP contribution in [0.2, 0.25) is 0 Å². The summed E-state index contributed by atoms with van der Waals surface area (Å²) in [6.45, 7) is 3.00.